The van der Waals surface area contributed by atoms with Gasteiger partial charge in [-0.3, -0.25) is 0 Å². The minimum atomic E-state index is -4.34. The molecule has 0 N–H and O–H groups in total. The van der Waals surface area contributed by atoms with Gasteiger partial charge < -0.3 is 4.74 Å². The van der Waals surface area contributed by atoms with Crippen LogP contribution >= 0.6 is 0 Å². The van der Waals surface area contributed by atoms with Crippen LogP contribution in [0, 0.1) is 0 Å². The van der Waals surface area contributed by atoms with Gasteiger partial charge in [0, 0.05) is 11.5 Å². The molecular weight excluding hydrogens is 247 g/mol. The first-order valence-electron chi connectivity index (χ1n) is 4.98. The molecule has 0 fully saturated rings. The molecule has 0 aliphatic heterocycles. The zero-order chi connectivity index (χ0) is 13.4. The molecule has 1 aromatic carbocycles. The van der Waals surface area contributed by atoms with Gasteiger partial charge in [0.25, 0.3) is 0 Å². The fourth-order valence-electron chi connectivity index (χ4n) is 1.11. The second kappa shape index (κ2) is 6.56. The third-order valence-corrected chi connectivity index (χ3v) is 1.84. The Kier molecular flexibility index (Phi) is 5.07. The van der Waals surface area contributed by atoms with Crippen LogP contribution in [0.15, 0.2) is 35.5 Å². The van der Waals surface area contributed by atoms with Crippen molar-refractivity contribution in [1.82, 2.24) is 0 Å². The number of benzene rings is 1. The van der Waals surface area contributed by atoms with E-state index in [1.165, 1.54) is 12.1 Å². The van der Waals surface area contributed by atoms with Crippen molar-refractivity contribution in [2.75, 3.05) is 13.2 Å². The minimum Gasteiger partial charge on any atom is -0.484 e. The molecule has 0 amide bonds. The first kappa shape index (κ1) is 13.9. The van der Waals surface area contributed by atoms with Crippen LogP contribution in [0.25, 0.3) is 16.5 Å². The molecule has 96 valence electrons. The maximum Gasteiger partial charge on any atom is 0.422 e. The van der Waals surface area contributed by atoms with Crippen molar-refractivity contribution in [3.05, 3.63) is 46.3 Å². The van der Waals surface area contributed by atoms with Gasteiger partial charge in [0.15, 0.2) is 6.61 Å². The van der Waals surface area contributed by atoms with E-state index in [-0.39, 0.29) is 12.3 Å². The molecule has 0 unspecified atom stereocenters. The molecule has 0 saturated carbocycles. The Hall–Kier alpha value is -2.14. The number of rotatable bonds is 5. The second-order valence-corrected chi connectivity index (χ2v) is 3.29. The van der Waals surface area contributed by atoms with Crippen LogP contribution in [0.1, 0.15) is 5.56 Å². The Morgan fingerprint density at radius 2 is 1.94 bits per heavy atom. The van der Waals surface area contributed by atoms with E-state index in [1.54, 1.807) is 24.3 Å². The van der Waals surface area contributed by atoms with Gasteiger partial charge in [0.1, 0.15) is 5.75 Å². The summed E-state index contributed by atoms with van der Waals surface area (Å²) in [4.78, 5) is 2.58. The Labute approximate surface area is 101 Å². The van der Waals surface area contributed by atoms with E-state index in [2.05, 4.69) is 14.8 Å². The smallest absolute Gasteiger partial charge is 0.422 e. The molecule has 0 radical (unpaired) electrons. The standard InChI is InChI=1S/C11H10F3N3O/c12-11(13,14)8-18-10-5-3-9(4-6-10)2-1-7-16-17-15/h1-6H,7-8H2. The number of azide groups is 1. The molecule has 0 atom stereocenters. The molecule has 0 bridgehead atoms. The van der Waals surface area contributed by atoms with Gasteiger partial charge in [-0.05, 0) is 23.2 Å². The molecule has 0 aromatic heterocycles. The average Bonchev–Trinajstić information content (AvgIpc) is 2.33. The van der Waals surface area contributed by atoms with Crippen molar-refractivity contribution >= 4 is 6.08 Å². The summed E-state index contributed by atoms with van der Waals surface area (Å²) in [5.41, 5.74) is 8.82. The number of ether oxygens (including phenoxy) is 1. The summed E-state index contributed by atoms with van der Waals surface area (Å²) in [5, 5.41) is 3.30. The third-order valence-electron chi connectivity index (χ3n) is 1.84. The fourth-order valence-corrected chi connectivity index (χ4v) is 1.11. The quantitative estimate of drug-likeness (QED) is 0.447. The molecule has 0 heterocycles. The Balaban J connectivity index is 2.52. The largest absolute Gasteiger partial charge is 0.484 e. The van der Waals surface area contributed by atoms with E-state index in [0.717, 1.165) is 5.56 Å². The molecule has 0 saturated heterocycles. The highest BCUT2D eigenvalue weighted by molar-refractivity contribution is 5.50. The van der Waals surface area contributed by atoms with Crippen molar-refractivity contribution in [2.24, 2.45) is 5.11 Å². The summed E-state index contributed by atoms with van der Waals surface area (Å²) in [6.07, 6.45) is -0.999. The zero-order valence-electron chi connectivity index (χ0n) is 9.26. The Bertz CT molecular complexity index is 448. The van der Waals surface area contributed by atoms with Crippen LogP contribution in [0.4, 0.5) is 13.2 Å². The number of nitrogens with zero attached hydrogens (tertiary/aromatic N) is 3. The highest BCUT2D eigenvalue weighted by Crippen LogP contribution is 2.19. The van der Waals surface area contributed by atoms with Crippen LogP contribution in [0.5, 0.6) is 5.75 Å². The summed E-state index contributed by atoms with van der Waals surface area (Å²) < 4.78 is 40.2. The lowest BCUT2D eigenvalue weighted by atomic mass is 10.2. The maximum absolute atomic E-state index is 11.9. The number of alkyl halides is 3. The fraction of sp³-hybridized carbons (Fsp3) is 0.273. The highest BCUT2D eigenvalue weighted by atomic mass is 19.4. The predicted octanol–water partition coefficient (Wildman–Crippen LogP) is 3.95. The second-order valence-electron chi connectivity index (χ2n) is 3.29. The van der Waals surface area contributed by atoms with Gasteiger partial charge in [-0.2, -0.15) is 13.2 Å². The van der Waals surface area contributed by atoms with Gasteiger partial charge >= 0.3 is 6.18 Å². The lowest BCUT2D eigenvalue weighted by Crippen LogP contribution is -2.19. The number of halogens is 3. The average molecular weight is 257 g/mol. The van der Waals surface area contributed by atoms with Gasteiger partial charge in [-0.25, -0.2) is 0 Å². The SMILES string of the molecule is [N-]=[N+]=NCC=Cc1ccc(OCC(F)(F)F)cc1. The van der Waals surface area contributed by atoms with E-state index >= 15 is 0 Å². The molecule has 0 aliphatic rings. The van der Waals surface area contributed by atoms with Crippen LogP contribution < -0.4 is 4.74 Å². The maximum atomic E-state index is 11.9. The monoisotopic (exact) mass is 257 g/mol. The first-order valence-corrected chi connectivity index (χ1v) is 4.98. The molecule has 1 rings (SSSR count). The van der Waals surface area contributed by atoms with Crippen molar-refractivity contribution in [2.45, 2.75) is 6.18 Å². The van der Waals surface area contributed by atoms with E-state index in [1.807, 2.05) is 0 Å². The summed E-state index contributed by atoms with van der Waals surface area (Å²) >= 11 is 0. The number of hydrogen-bond acceptors (Lipinski definition) is 2. The summed E-state index contributed by atoms with van der Waals surface area (Å²) in [6, 6.07) is 6.11. The summed E-state index contributed by atoms with van der Waals surface area (Å²) in [6.45, 7) is -1.08. The summed E-state index contributed by atoms with van der Waals surface area (Å²) in [5.74, 6) is 0.152. The van der Waals surface area contributed by atoms with Crippen molar-refractivity contribution in [1.29, 1.82) is 0 Å². The van der Waals surface area contributed by atoms with Gasteiger partial charge in [0.2, 0.25) is 0 Å². The van der Waals surface area contributed by atoms with Gasteiger partial charge in [0.05, 0.1) is 0 Å². The molecule has 18 heavy (non-hydrogen) atoms. The predicted molar refractivity (Wildman–Crippen MR) is 61.0 cm³/mol. The van der Waals surface area contributed by atoms with Crippen molar-refractivity contribution in [3.8, 4) is 5.75 Å². The highest BCUT2D eigenvalue weighted by Gasteiger charge is 2.28. The number of hydrogen-bond donors (Lipinski definition) is 0. The van der Waals surface area contributed by atoms with E-state index in [4.69, 9.17) is 5.53 Å². The molecular formula is C11H10F3N3O. The Morgan fingerprint density at radius 3 is 2.50 bits per heavy atom. The van der Waals surface area contributed by atoms with Crippen molar-refractivity contribution in [3.63, 3.8) is 0 Å². The third kappa shape index (κ3) is 5.81. The molecule has 4 nitrogen and oxygen atoms in total. The minimum absolute atomic E-state index is 0.152. The van der Waals surface area contributed by atoms with Crippen LogP contribution in [0.3, 0.4) is 0 Å². The van der Waals surface area contributed by atoms with Crippen LogP contribution in [-0.4, -0.2) is 19.3 Å². The van der Waals surface area contributed by atoms with Crippen LogP contribution in [0.2, 0.25) is 0 Å². The zero-order valence-corrected chi connectivity index (χ0v) is 9.26. The molecule has 0 aliphatic carbocycles. The van der Waals surface area contributed by atoms with Gasteiger partial charge in [-0.15, -0.1) is 0 Å². The van der Waals surface area contributed by atoms with E-state index in [9.17, 15) is 13.2 Å². The lowest BCUT2D eigenvalue weighted by molar-refractivity contribution is -0.153. The normalized spacial score (nSPS) is 11.3. The first-order chi connectivity index (χ1) is 8.51. The van der Waals surface area contributed by atoms with Gasteiger partial charge in [-0.1, -0.05) is 29.4 Å². The molecule has 7 heteroatoms. The van der Waals surface area contributed by atoms with Crippen LogP contribution in [-0.2, 0) is 0 Å². The Morgan fingerprint density at radius 1 is 1.28 bits per heavy atom. The van der Waals surface area contributed by atoms with E-state index in [0.29, 0.717) is 0 Å². The van der Waals surface area contributed by atoms with E-state index < -0.39 is 12.8 Å². The lowest BCUT2D eigenvalue weighted by Gasteiger charge is -2.08. The molecule has 0 spiro atoms. The van der Waals surface area contributed by atoms with Crippen molar-refractivity contribution < 1.29 is 17.9 Å². The molecule has 1 aromatic rings. The topological polar surface area (TPSA) is 58.0 Å². The summed E-state index contributed by atoms with van der Waals surface area (Å²) in [7, 11) is 0.